The minimum atomic E-state index is -4.58. The van der Waals surface area contributed by atoms with Crippen LogP contribution in [-0.2, 0) is 11.3 Å². The molecule has 0 bridgehead atoms. The summed E-state index contributed by atoms with van der Waals surface area (Å²) in [5.41, 5.74) is -0.915. The van der Waals surface area contributed by atoms with Gasteiger partial charge in [-0.15, -0.1) is 0 Å². The van der Waals surface area contributed by atoms with Gasteiger partial charge in [0.1, 0.15) is 12.2 Å². The number of nitrogens with zero attached hydrogens (tertiary/aromatic N) is 2. The van der Waals surface area contributed by atoms with Crippen molar-refractivity contribution in [1.82, 2.24) is 9.78 Å². The Morgan fingerprint density at radius 3 is 2.56 bits per heavy atom. The van der Waals surface area contributed by atoms with Crippen LogP contribution in [0.3, 0.4) is 0 Å². The van der Waals surface area contributed by atoms with Gasteiger partial charge in [-0.05, 0) is 18.5 Å². The van der Waals surface area contributed by atoms with Crippen LogP contribution in [0.15, 0.2) is 6.07 Å². The van der Waals surface area contributed by atoms with Crippen molar-refractivity contribution in [2.75, 3.05) is 6.61 Å². The molecule has 0 spiro atoms. The number of esters is 1. The Morgan fingerprint density at radius 2 is 2.11 bits per heavy atom. The lowest BCUT2D eigenvalue weighted by Crippen LogP contribution is -2.21. The van der Waals surface area contributed by atoms with Gasteiger partial charge in [0.25, 0.3) is 5.24 Å². The number of alkyl halides is 3. The zero-order chi connectivity index (χ0) is 13.9. The third kappa shape index (κ3) is 3.73. The van der Waals surface area contributed by atoms with E-state index in [1.807, 2.05) is 0 Å². The van der Waals surface area contributed by atoms with Gasteiger partial charge in [-0.1, -0.05) is 0 Å². The van der Waals surface area contributed by atoms with Crippen molar-refractivity contribution in [3.05, 3.63) is 17.5 Å². The van der Waals surface area contributed by atoms with E-state index in [1.165, 1.54) is 6.92 Å². The van der Waals surface area contributed by atoms with E-state index in [9.17, 15) is 22.8 Å². The minimum absolute atomic E-state index is 0.0368. The van der Waals surface area contributed by atoms with E-state index >= 15 is 0 Å². The zero-order valence-electron chi connectivity index (χ0n) is 9.12. The molecule has 100 valence electrons. The summed E-state index contributed by atoms with van der Waals surface area (Å²) >= 11 is 5.11. The molecule has 1 rings (SSSR count). The maximum atomic E-state index is 12.2. The lowest BCUT2D eigenvalue weighted by Gasteiger charge is -2.07. The molecule has 0 N–H and O–H groups in total. The molecular weight excluding hydrogens is 277 g/mol. The number of hydrogen-bond acceptors (Lipinski definition) is 4. The minimum Gasteiger partial charge on any atom is -0.461 e. The van der Waals surface area contributed by atoms with E-state index in [4.69, 9.17) is 11.6 Å². The third-order valence-corrected chi connectivity index (χ3v) is 1.99. The molecule has 0 radical (unpaired) electrons. The van der Waals surface area contributed by atoms with Crippen molar-refractivity contribution >= 4 is 22.8 Å². The van der Waals surface area contributed by atoms with E-state index in [2.05, 4.69) is 9.84 Å². The van der Waals surface area contributed by atoms with Gasteiger partial charge in [0.2, 0.25) is 0 Å². The maximum Gasteiger partial charge on any atom is 0.408 e. The molecular formula is C9H8ClF3N2O3. The fraction of sp³-hybridized carbons (Fsp3) is 0.444. The SMILES string of the molecule is CCOC(=O)c1cc(C(=O)Cl)n(CC(F)(F)F)n1. The van der Waals surface area contributed by atoms with Crippen molar-refractivity contribution in [3.8, 4) is 0 Å². The van der Waals surface area contributed by atoms with Crippen LogP contribution in [0.1, 0.15) is 27.9 Å². The average molecular weight is 285 g/mol. The van der Waals surface area contributed by atoms with Crippen LogP contribution >= 0.6 is 11.6 Å². The molecule has 1 aromatic heterocycles. The molecule has 0 amide bonds. The highest BCUT2D eigenvalue weighted by Gasteiger charge is 2.31. The topological polar surface area (TPSA) is 61.2 Å². The summed E-state index contributed by atoms with van der Waals surface area (Å²) in [6.07, 6.45) is -4.58. The van der Waals surface area contributed by atoms with Crippen LogP contribution in [0, 0.1) is 0 Å². The molecule has 0 aliphatic heterocycles. The number of rotatable bonds is 4. The van der Waals surface area contributed by atoms with Crippen molar-refractivity contribution in [2.24, 2.45) is 0 Å². The molecule has 0 unspecified atom stereocenters. The van der Waals surface area contributed by atoms with Crippen molar-refractivity contribution in [1.29, 1.82) is 0 Å². The van der Waals surface area contributed by atoms with E-state index < -0.39 is 35.3 Å². The number of aromatic nitrogens is 2. The summed E-state index contributed by atoms with van der Waals surface area (Å²) in [5.74, 6) is -0.919. The molecule has 0 saturated heterocycles. The highest BCUT2D eigenvalue weighted by Crippen LogP contribution is 2.19. The highest BCUT2D eigenvalue weighted by atomic mass is 35.5. The summed E-state index contributed by atoms with van der Waals surface area (Å²) in [6, 6.07) is 0.860. The summed E-state index contributed by atoms with van der Waals surface area (Å²) in [7, 11) is 0. The Morgan fingerprint density at radius 1 is 1.50 bits per heavy atom. The van der Waals surface area contributed by atoms with Gasteiger partial charge in [0.05, 0.1) is 6.61 Å². The molecule has 1 aromatic rings. The number of halogens is 4. The Hall–Kier alpha value is -1.57. The summed E-state index contributed by atoms with van der Waals surface area (Å²) in [6.45, 7) is 0.0491. The van der Waals surface area contributed by atoms with Gasteiger partial charge in [-0.25, -0.2) is 4.79 Å². The predicted molar refractivity (Wildman–Crippen MR) is 54.4 cm³/mol. The predicted octanol–water partition coefficient (Wildman–Crippen LogP) is 2.00. The van der Waals surface area contributed by atoms with Crippen LogP contribution in [0.4, 0.5) is 13.2 Å². The van der Waals surface area contributed by atoms with Gasteiger partial charge >= 0.3 is 12.1 Å². The van der Waals surface area contributed by atoms with Crippen LogP contribution in [0.5, 0.6) is 0 Å². The Bertz CT molecular complexity index is 470. The fourth-order valence-electron chi connectivity index (χ4n) is 1.17. The molecule has 1 heterocycles. The Labute approximate surface area is 104 Å². The molecule has 0 aliphatic carbocycles. The second kappa shape index (κ2) is 5.38. The normalized spacial score (nSPS) is 11.4. The highest BCUT2D eigenvalue weighted by molar-refractivity contribution is 6.67. The lowest BCUT2D eigenvalue weighted by atomic mass is 10.3. The molecule has 5 nitrogen and oxygen atoms in total. The van der Waals surface area contributed by atoms with Gasteiger partial charge in [0, 0.05) is 6.07 Å². The first kappa shape index (κ1) is 14.5. The second-order valence-corrected chi connectivity index (χ2v) is 3.53. The molecule has 0 aromatic carbocycles. The van der Waals surface area contributed by atoms with E-state index in [1.54, 1.807) is 0 Å². The monoisotopic (exact) mass is 284 g/mol. The number of hydrogen-bond donors (Lipinski definition) is 0. The first-order valence-corrected chi connectivity index (χ1v) is 5.14. The van der Waals surface area contributed by atoms with Gasteiger partial charge in [-0.3, -0.25) is 9.48 Å². The van der Waals surface area contributed by atoms with Crippen LogP contribution in [0.2, 0.25) is 0 Å². The molecule has 18 heavy (non-hydrogen) atoms. The first-order valence-electron chi connectivity index (χ1n) is 4.76. The van der Waals surface area contributed by atoms with Crippen molar-refractivity contribution < 1.29 is 27.5 Å². The maximum absolute atomic E-state index is 12.2. The van der Waals surface area contributed by atoms with E-state index in [0.29, 0.717) is 4.68 Å². The smallest absolute Gasteiger partial charge is 0.408 e. The van der Waals surface area contributed by atoms with Crippen molar-refractivity contribution in [2.45, 2.75) is 19.6 Å². The third-order valence-electron chi connectivity index (χ3n) is 1.79. The Kier molecular flexibility index (Phi) is 4.33. The summed E-state index contributed by atoms with van der Waals surface area (Å²) in [5, 5.41) is 2.22. The Balaban J connectivity index is 3.09. The average Bonchev–Trinajstić information content (AvgIpc) is 2.59. The van der Waals surface area contributed by atoms with Gasteiger partial charge in [-0.2, -0.15) is 18.3 Å². The van der Waals surface area contributed by atoms with Gasteiger partial charge < -0.3 is 4.74 Å². The number of carbonyl (C=O) groups is 2. The molecule has 0 aliphatic rings. The standard InChI is InChI=1S/C9H8ClF3N2O3/c1-2-18-8(17)5-3-6(7(10)16)15(14-5)4-9(11,12)13/h3H,2,4H2,1H3. The molecule has 0 fully saturated rings. The van der Waals surface area contributed by atoms with E-state index in [0.717, 1.165) is 6.07 Å². The largest absolute Gasteiger partial charge is 0.461 e. The lowest BCUT2D eigenvalue weighted by molar-refractivity contribution is -0.142. The fourth-order valence-corrected chi connectivity index (χ4v) is 1.32. The van der Waals surface area contributed by atoms with Crippen molar-refractivity contribution in [3.63, 3.8) is 0 Å². The van der Waals surface area contributed by atoms with Crippen LogP contribution in [-0.4, -0.2) is 33.8 Å². The summed E-state index contributed by atoms with van der Waals surface area (Å²) in [4.78, 5) is 22.2. The quantitative estimate of drug-likeness (QED) is 0.627. The first-order chi connectivity index (χ1) is 8.24. The molecule has 0 atom stereocenters. The molecule has 0 saturated carbocycles. The van der Waals surface area contributed by atoms with Crippen LogP contribution < -0.4 is 0 Å². The van der Waals surface area contributed by atoms with Crippen LogP contribution in [0.25, 0.3) is 0 Å². The number of ether oxygens (including phenoxy) is 1. The van der Waals surface area contributed by atoms with E-state index in [-0.39, 0.29) is 6.61 Å². The zero-order valence-corrected chi connectivity index (χ0v) is 9.88. The number of carbonyl (C=O) groups excluding carboxylic acids is 2. The summed E-state index contributed by atoms with van der Waals surface area (Å²) < 4.78 is 41.5. The van der Waals surface area contributed by atoms with Gasteiger partial charge in [0.15, 0.2) is 5.69 Å². The molecule has 9 heteroatoms. The second-order valence-electron chi connectivity index (χ2n) is 3.18.